The van der Waals surface area contributed by atoms with Gasteiger partial charge in [-0.15, -0.1) is 0 Å². The van der Waals surface area contributed by atoms with Crippen LogP contribution in [0, 0.1) is 0 Å². The summed E-state index contributed by atoms with van der Waals surface area (Å²) in [5.74, 6) is 0. The van der Waals surface area contributed by atoms with Gasteiger partial charge in [-0.25, -0.2) is 0 Å². The molecule has 114 valence electrons. The fraction of sp³-hybridized carbons (Fsp3) is 0.471. The Balaban J connectivity index is 2.15. The number of nitrogens with two attached hydrogens (primary N) is 1. The van der Waals surface area contributed by atoms with Gasteiger partial charge < -0.3 is 5.73 Å². The smallest absolute Gasteiger partial charge is 0.0646 e. The second-order valence-electron chi connectivity index (χ2n) is 5.86. The molecule has 0 aliphatic heterocycles. The summed E-state index contributed by atoms with van der Waals surface area (Å²) < 4.78 is 2.06. The number of benzene rings is 1. The molecule has 0 radical (unpaired) electrons. The first-order chi connectivity index (χ1) is 9.96. The van der Waals surface area contributed by atoms with Gasteiger partial charge in [0.15, 0.2) is 0 Å². The molecular weight excluding hydrogens is 282 g/mol. The lowest BCUT2D eigenvalue weighted by Gasteiger charge is -2.24. The Morgan fingerprint density at radius 1 is 1.19 bits per heavy atom. The van der Waals surface area contributed by atoms with E-state index in [9.17, 15) is 0 Å². The number of nitrogens with zero attached hydrogens (tertiary/aromatic N) is 2. The third-order valence-corrected chi connectivity index (χ3v) is 4.28. The molecule has 0 aliphatic rings. The zero-order chi connectivity index (χ0) is 15.5. The molecule has 2 rings (SSSR count). The number of rotatable bonds is 6. The van der Waals surface area contributed by atoms with E-state index in [4.69, 9.17) is 22.4 Å². The van der Waals surface area contributed by atoms with Crippen LogP contribution in [0.25, 0.3) is 0 Å². The van der Waals surface area contributed by atoms with Crippen LogP contribution in [0.3, 0.4) is 0 Å². The third-order valence-electron chi connectivity index (χ3n) is 4.03. The molecule has 3 nitrogen and oxygen atoms in total. The molecule has 0 spiro atoms. The summed E-state index contributed by atoms with van der Waals surface area (Å²) in [4.78, 5) is 0. The highest BCUT2D eigenvalue weighted by atomic mass is 35.5. The standard InChI is InChI=1S/C17H24ClN3/c1-4-16(5-2)21-11-10-15(20-21)12-17(3,19)13-6-8-14(18)9-7-13/h6-11,16H,4-5,12,19H2,1-3H3. The summed E-state index contributed by atoms with van der Waals surface area (Å²) in [6, 6.07) is 10.3. The van der Waals surface area contributed by atoms with Gasteiger partial charge in [-0.1, -0.05) is 37.6 Å². The van der Waals surface area contributed by atoms with Crippen LogP contribution in [-0.2, 0) is 12.0 Å². The van der Waals surface area contributed by atoms with Crippen molar-refractivity contribution >= 4 is 11.6 Å². The highest BCUT2D eigenvalue weighted by Crippen LogP contribution is 2.24. The van der Waals surface area contributed by atoms with Gasteiger partial charge >= 0.3 is 0 Å². The van der Waals surface area contributed by atoms with E-state index in [1.807, 2.05) is 31.2 Å². The van der Waals surface area contributed by atoms with Crippen molar-refractivity contribution in [2.75, 3.05) is 0 Å². The van der Waals surface area contributed by atoms with Crippen LogP contribution >= 0.6 is 11.6 Å². The second kappa shape index (κ2) is 6.63. The topological polar surface area (TPSA) is 43.8 Å². The Kier molecular flexibility index (Phi) is 5.07. The van der Waals surface area contributed by atoms with Crippen LogP contribution < -0.4 is 5.73 Å². The van der Waals surface area contributed by atoms with Crippen molar-refractivity contribution in [3.63, 3.8) is 0 Å². The van der Waals surface area contributed by atoms with Gasteiger partial charge in [0.2, 0.25) is 0 Å². The number of halogens is 1. The Bertz CT molecular complexity index is 568. The lowest BCUT2D eigenvalue weighted by atomic mass is 9.88. The molecule has 21 heavy (non-hydrogen) atoms. The van der Waals surface area contributed by atoms with E-state index in [2.05, 4.69) is 30.8 Å². The Morgan fingerprint density at radius 3 is 2.38 bits per heavy atom. The summed E-state index contributed by atoms with van der Waals surface area (Å²) in [6.45, 7) is 6.42. The fourth-order valence-electron chi connectivity index (χ4n) is 2.65. The molecule has 1 aromatic carbocycles. The van der Waals surface area contributed by atoms with Crippen LogP contribution in [0.15, 0.2) is 36.5 Å². The van der Waals surface area contributed by atoms with Gasteiger partial charge in [-0.2, -0.15) is 5.10 Å². The molecule has 0 saturated heterocycles. The molecule has 1 heterocycles. The van der Waals surface area contributed by atoms with E-state index in [1.165, 1.54) is 0 Å². The SMILES string of the molecule is CCC(CC)n1ccc(CC(C)(N)c2ccc(Cl)cc2)n1. The van der Waals surface area contributed by atoms with Crippen molar-refractivity contribution < 1.29 is 0 Å². The minimum Gasteiger partial charge on any atom is -0.321 e. The zero-order valence-electron chi connectivity index (χ0n) is 13.0. The molecule has 0 saturated carbocycles. The van der Waals surface area contributed by atoms with E-state index in [0.717, 1.165) is 29.1 Å². The molecular formula is C17H24ClN3. The molecule has 1 aromatic heterocycles. The molecule has 1 unspecified atom stereocenters. The molecule has 4 heteroatoms. The van der Waals surface area contributed by atoms with Crippen molar-refractivity contribution in [1.29, 1.82) is 0 Å². The van der Waals surface area contributed by atoms with Crippen LogP contribution in [0.4, 0.5) is 0 Å². The summed E-state index contributed by atoms with van der Waals surface area (Å²) in [7, 11) is 0. The highest BCUT2D eigenvalue weighted by molar-refractivity contribution is 6.30. The van der Waals surface area contributed by atoms with E-state index in [0.29, 0.717) is 12.5 Å². The van der Waals surface area contributed by atoms with Crippen molar-refractivity contribution in [3.8, 4) is 0 Å². The summed E-state index contributed by atoms with van der Waals surface area (Å²) in [5, 5.41) is 5.42. The van der Waals surface area contributed by atoms with Gasteiger partial charge in [0.1, 0.15) is 0 Å². The fourth-order valence-corrected chi connectivity index (χ4v) is 2.77. The van der Waals surface area contributed by atoms with Crippen molar-refractivity contribution in [3.05, 3.63) is 52.8 Å². The van der Waals surface area contributed by atoms with Gasteiger partial charge in [0, 0.05) is 23.2 Å². The maximum atomic E-state index is 6.48. The Labute approximate surface area is 132 Å². The molecule has 0 fully saturated rings. The van der Waals surface area contributed by atoms with Crippen molar-refractivity contribution in [2.45, 2.75) is 51.6 Å². The zero-order valence-corrected chi connectivity index (χ0v) is 13.8. The first-order valence-electron chi connectivity index (χ1n) is 7.55. The molecule has 2 N–H and O–H groups in total. The van der Waals surface area contributed by atoms with Crippen LogP contribution in [0.1, 0.15) is 50.9 Å². The van der Waals surface area contributed by atoms with Crippen LogP contribution in [0.5, 0.6) is 0 Å². The third kappa shape index (κ3) is 3.86. The minimum absolute atomic E-state index is 0.447. The van der Waals surface area contributed by atoms with Gasteiger partial charge in [0.05, 0.1) is 11.7 Å². The average Bonchev–Trinajstić information content (AvgIpc) is 2.88. The quantitative estimate of drug-likeness (QED) is 0.864. The maximum Gasteiger partial charge on any atom is 0.0646 e. The van der Waals surface area contributed by atoms with Gasteiger partial charge in [-0.3, -0.25) is 4.68 Å². The Morgan fingerprint density at radius 2 is 1.81 bits per heavy atom. The lowest BCUT2D eigenvalue weighted by molar-refractivity contribution is 0.417. The molecule has 0 bridgehead atoms. The molecule has 0 amide bonds. The maximum absolute atomic E-state index is 6.48. The number of aromatic nitrogens is 2. The predicted octanol–water partition coefficient (Wildman–Crippen LogP) is 4.31. The average molecular weight is 306 g/mol. The largest absolute Gasteiger partial charge is 0.321 e. The predicted molar refractivity (Wildman–Crippen MR) is 88.5 cm³/mol. The summed E-state index contributed by atoms with van der Waals surface area (Å²) in [5.41, 5.74) is 8.13. The Hall–Kier alpha value is -1.32. The highest BCUT2D eigenvalue weighted by Gasteiger charge is 2.23. The number of hydrogen-bond acceptors (Lipinski definition) is 2. The summed E-state index contributed by atoms with van der Waals surface area (Å²) in [6.07, 6.45) is 4.95. The van der Waals surface area contributed by atoms with Gasteiger partial charge in [0.25, 0.3) is 0 Å². The van der Waals surface area contributed by atoms with E-state index in [-0.39, 0.29) is 0 Å². The number of hydrogen-bond donors (Lipinski definition) is 1. The van der Waals surface area contributed by atoms with Crippen molar-refractivity contribution in [1.82, 2.24) is 9.78 Å². The molecule has 0 aliphatic carbocycles. The minimum atomic E-state index is -0.447. The first kappa shape index (κ1) is 16.1. The first-order valence-corrected chi connectivity index (χ1v) is 7.93. The lowest BCUT2D eigenvalue weighted by Crippen LogP contribution is -2.35. The van der Waals surface area contributed by atoms with E-state index in [1.54, 1.807) is 0 Å². The van der Waals surface area contributed by atoms with Gasteiger partial charge in [-0.05, 0) is 43.5 Å². The monoisotopic (exact) mass is 305 g/mol. The molecule has 2 aromatic rings. The normalized spacial score (nSPS) is 14.4. The van der Waals surface area contributed by atoms with Crippen molar-refractivity contribution in [2.24, 2.45) is 5.73 Å². The van der Waals surface area contributed by atoms with Crippen LogP contribution in [-0.4, -0.2) is 9.78 Å². The van der Waals surface area contributed by atoms with Crippen LogP contribution in [0.2, 0.25) is 5.02 Å². The van der Waals surface area contributed by atoms with E-state index >= 15 is 0 Å². The second-order valence-corrected chi connectivity index (χ2v) is 6.29. The summed E-state index contributed by atoms with van der Waals surface area (Å²) >= 11 is 5.94. The van der Waals surface area contributed by atoms with E-state index < -0.39 is 5.54 Å². The molecule has 1 atom stereocenters.